The molecule has 0 spiro atoms. The van der Waals surface area contributed by atoms with E-state index in [2.05, 4.69) is 4.98 Å². The molecule has 1 atom stereocenters. The molecule has 4 nitrogen and oxygen atoms in total. The number of halogens is 2. The topological polar surface area (TPSA) is 53.1 Å². The van der Waals surface area contributed by atoms with Crippen LogP contribution in [0.4, 0.5) is 0 Å². The number of hydrogen-bond acceptors (Lipinski definition) is 3. The van der Waals surface area contributed by atoms with Crippen molar-refractivity contribution in [1.82, 2.24) is 9.55 Å². The van der Waals surface area contributed by atoms with E-state index in [9.17, 15) is 0 Å². The SMILES string of the molecule is NOC(Cn1ccnc1)c1ccc(Cl)cc1Cl. The molecule has 2 aromatic rings. The number of imidazole rings is 1. The summed E-state index contributed by atoms with van der Waals surface area (Å²) in [5.41, 5.74) is 0.798. The molecular weight excluding hydrogens is 261 g/mol. The molecule has 90 valence electrons. The minimum Gasteiger partial charge on any atom is -0.334 e. The molecule has 0 fully saturated rings. The summed E-state index contributed by atoms with van der Waals surface area (Å²) in [5.74, 6) is 5.30. The fourth-order valence-electron chi connectivity index (χ4n) is 1.56. The highest BCUT2D eigenvalue weighted by Crippen LogP contribution is 2.28. The van der Waals surface area contributed by atoms with Gasteiger partial charge < -0.3 is 4.57 Å². The first-order valence-corrected chi connectivity index (χ1v) is 5.72. The van der Waals surface area contributed by atoms with E-state index in [1.807, 2.05) is 10.8 Å². The van der Waals surface area contributed by atoms with Gasteiger partial charge in [0.25, 0.3) is 0 Å². The molecule has 1 heterocycles. The molecular formula is C11H11Cl2N3O. The second-order valence-electron chi connectivity index (χ2n) is 3.55. The van der Waals surface area contributed by atoms with Gasteiger partial charge in [0.1, 0.15) is 6.10 Å². The van der Waals surface area contributed by atoms with Crippen LogP contribution in [0, 0.1) is 0 Å². The molecule has 2 N–H and O–H groups in total. The third kappa shape index (κ3) is 2.98. The molecule has 0 saturated heterocycles. The molecule has 6 heteroatoms. The van der Waals surface area contributed by atoms with Gasteiger partial charge in [0.15, 0.2) is 0 Å². The molecule has 1 unspecified atom stereocenters. The lowest BCUT2D eigenvalue weighted by Crippen LogP contribution is -2.15. The minimum atomic E-state index is -0.339. The average molecular weight is 272 g/mol. The predicted molar refractivity (Wildman–Crippen MR) is 66.7 cm³/mol. The van der Waals surface area contributed by atoms with Crippen LogP contribution in [0.1, 0.15) is 11.7 Å². The molecule has 17 heavy (non-hydrogen) atoms. The van der Waals surface area contributed by atoms with Crippen molar-refractivity contribution in [3.05, 3.63) is 52.5 Å². The molecule has 0 radical (unpaired) electrons. The van der Waals surface area contributed by atoms with Crippen LogP contribution in [0.3, 0.4) is 0 Å². The number of rotatable bonds is 4. The Morgan fingerprint density at radius 1 is 1.41 bits per heavy atom. The van der Waals surface area contributed by atoms with Crippen LogP contribution in [0.2, 0.25) is 10.0 Å². The van der Waals surface area contributed by atoms with Crippen molar-refractivity contribution in [3.63, 3.8) is 0 Å². The first kappa shape index (κ1) is 12.4. The first-order valence-electron chi connectivity index (χ1n) is 4.97. The average Bonchev–Trinajstić information content (AvgIpc) is 2.79. The Morgan fingerprint density at radius 2 is 2.24 bits per heavy atom. The summed E-state index contributed by atoms with van der Waals surface area (Å²) >= 11 is 11.9. The highest BCUT2D eigenvalue weighted by Gasteiger charge is 2.15. The van der Waals surface area contributed by atoms with E-state index in [4.69, 9.17) is 33.9 Å². The van der Waals surface area contributed by atoms with Crippen LogP contribution >= 0.6 is 23.2 Å². The molecule has 0 aliphatic heterocycles. The van der Waals surface area contributed by atoms with Gasteiger partial charge in [-0.05, 0) is 12.1 Å². The third-order valence-corrected chi connectivity index (χ3v) is 2.97. The lowest BCUT2D eigenvalue weighted by atomic mass is 10.1. The van der Waals surface area contributed by atoms with Gasteiger partial charge in [-0.1, -0.05) is 29.3 Å². The second-order valence-corrected chi connectivity index (χ2v) is 4.39. The van der Waals surface area contributed by atoms with Gasteiger partial charge in [0.2, 0.25) is 0 Å². The van der Waals surface area contributed by atoms with E-state index in [1.165, 1.54) is 0 Å². The highest BCUT2D eigenvalue weighted by molar-refractivity contribution is 6.35. The Morgan fingerprint density at radius 3 is 2.82 bits per heavy atom. The summed E-state index contributed by atoms with van der Waals surface area (Å²) < 4.78 is 1.86. The molecule has 0 amide bonds. The van der Waals surface area contributed by atoms with Crippen LogP contribution in [-0.4, -0.2) is 9.55 Å². The Hall–Kier alpha value is -1.07. The van der Waals surface area contributed by atoms with E-state index in [1.54, 1.807) is 30.7 Å². The quantitative estimate of drug-likeness (QED) is 0.871. The van der Waals surface area contributed by atoms with Gasteiger partial charge in [0, 0.05) is 28.0 Å². The predicted octanol–water partition coefficient (Wildman–Crippen LogP) is 2.82. The van der Waals surface area contributed by atoms with Gasteiger partial charge in [0.05, 0.1) is 12.9 Å². The van der Waals surface area contributed by atoms with Gasteiger partial charge in [-0.3, -0.25) is 4.84 Å². The van der Waals surface area contributed by atoms with Crippen LogP contribution in [0.25, 0.3) is 0 Å². The number of benzene rings is 1. The Labute approximate surface area is 109 Å². The van der Waals surface area contributed by atoms with E-state index in [0.717, 1.165) is 5.56 Å². The molecule has 0 bridgehead atoms. The summed E-state index contributed by atoms with van der Waals surface area (Å²) in [7, 11) is 0. The van der Waals surface area contributed by atoms with Gasteiger partial charge >= 0.3 is 0 Å². The standard InChI is InChI=1S/C11H11Cl2N3O/c12-8-1-2-9(10(13)5-8)11(17-14)6-16-4-3-15-7-16/h1-5,7,11H,6,14H2. The van der Waals surface area contributed by atoms with Gasteiger partial charge in [-0.25, -0.2) is 10.9 Å². The zero-order valence-corrected chi connectivity index (χ0v) is 10.4. The van der Waals surface area contributed by atoms with Crippen molar-refractivity contribution >= 4 is 23.2 Å². The van der Waals surface area contributed by atoms with Crippen molar-refractivity contribution in [2.45, 2.75) is 12.6 Å². The number of nitrogens with zero attached hydrogens (tertiary/aromatic N) is 2. The smallest absolute Gasteiger partial charge is 0.123 e. The van der Waals surface area contributed by atoms with Crippen molar-refractivity contribution in [1.29, 1.82) is 0 Å². The molecule has 0 aliphatic rings. The molecule has 0 saturated carbocycles. The van der Waals surface area contributed by atoms with E-state index < -0.39 is 0 Å². The third-order valence-electron chi connectivity index (χ3n) is 2.41. The van der Waals surface area contributed by atoms with Crippen molar-refractivity contribution in [2.75, 3.05) is 0 Å². The van der Waals surface area contributed by atoms with Gasteiger partial charge in [-0.2, -0.15) is 0 Å². The summed E-state index contributed by atoms with van der Waals surface area (Å²) in [4.78, 5) is 8.91. The summed E-state index contributed by atoms with van der Waals surface area (Å²) in [5, 5.41) is 1.12. The fourth-order valence-corrected chi connectivity index (χ4v) is 2.09. The van der Waals surface area contributed by atoms with Crippen molar-refractivity contribution in [2.24, 2.45) is 5.90 Å². The minimum absolute atomic E-state index is 0.339. The maximum atomic E-state index is 6.10. The van der Waals surface area contributed by atoms with Crippen LogP contribution < -0.4 is 5.90 Å². The normalized spacial score (nSPS) is 12.6. The van der Waals surface area contributed by atoms with Crippen LogP contribution in [-0.2, 0) is 11.4 Å². The molecule has 2 rings (SSSR count). The monoisotopic (exact) mass is 271 g/mol. The fraction of sp³-hybridized carbons (Fsp3) is 0.182. The Bertz CT molecular complexity index is 487. The maximum Gasteiger partial charge on any atom is 0.123 e. The zero-order chi connectivity index (χ0) is 12.3. The zero-order valence-electron chi connectivity index (χ0n) is 8.88. The number of aromatic nitrogens is 2. The molecule has 0 aliphatic carbocycles. The number of nitrogens with two attached hydrogens (primary N) is 1. The summed E-state index contributed by atoms with van der Waals surface area (Å²) in [6, 6.07) is 5.22. The van der Waals surface area contributed by atoms with Crippen molar-refractivity contribution in [3.8, 4) is 0 Å². The molecule has 1 aromatic heterocycles. The highest BCUT2D eigenvalue weighted by atomic mass is 35.5. The van der Waals surface area contributed by atoms with Gasteiger partial charge in [-0.15, -0.1) is 0 Å². The lowest BCUT2D eigenvalue weighted by Gasteiger charge is -2.16. The molecule has 1 aromatic carbocycles. The first-order chi connectivity index (χ1) is 8.20. The maximum absolute atomic E-state index is 6.10. The summed E-state index contributed by atoms with van der Waals surface area (Å²) in [6.45, 7) is 0.540. The lowest BCUT2D eigenvalue weighted by molar-refractivity contribution is 0.0403. The van der Waals surface area contributed by atoms with Crippen LogP contribution in [0.5, 0.6) is 0 Å². The Balaban J connectivity index is 2.23. The largest absolute Gasteiger partial charge is 0.334 e. The van der Waals surface area contributed by atoms with E-state index in [0.29, 0.717) is 16.6 Å². The van der Waals surface area contributed by atoms with E-state index >= 15 is 0 Å². The van der Waals surface area contributed by atoms with E-state index in [-0.39, 0.29) is 6.10 Å². The second kappa shape index (κ2) is 5.51. The van der Waals surface area contributed by atoms with Crippen LogP contribution in [0.15, 0.2) is 36.9 Å². The number of hydrogen-bond donors (Lipinski definition) is 1. The summed E-state index contributed by atoms with van der Waals surface area (Å²) in [6.07, 6.45) is 4.87. The van der Waals surface area contributed by atoms with Crippen molar-refractivity contribution < 1.29 is 4.84 Å². The Kier molecular flexibility index (Phi) is 4.02.